The summed E-state index contributed by atoms with van der Waals surface area (Å²) in [6.07, 6.45) is 1.88. The van der Waals surface area contributed by atoms with Crippen molar-refractivity contribution in [2.24, 2.45) is 4.99 Å². The zero-order chi connectivity index (χ0) is 17.4. The molecule has 0 amide bonds. The molecule has 0 saturated carbocycles. The van der Waals surface area contributed by atoms with Gasteiger partial charge in [-0.15, -0.1) is 0 Å². The lowest BCUT2D eigenvalue weighted by Crippen LogP contribution is -2.02. The highest BCUT2D eigenvalue weighted by atomic mass is 15.1. The molecule has 1 aromatic heterocycles. The largest absolute Gasteiger partial charge is 0.324 e. The van der Waals surface area contributed by atoms with E-state index in [4.69, 9.17) is 4.98 Å². The van der Waals surface area contributed by atoms with Gasteiger partial charge < -0.3 is 5.32 Å². The van der Waals surface area contributed by atoms with Crippen molar-refractivity contribution >= 4 is 17.3 Å². The Morgan fingerprint density at radius 2 is 1.64 bits per heavy atom. The smallest absolute Gasteiger partial charge is 0.227 e. The third-order valence-corrected chi connectivity index (χ3v) is 4.40. The SMILES string of the molecule is CC1=NCc2cnc(Nc3cc(C)cc(C)c3)nc2-c2ccccc21. The zero-order valence-electron chi connectivity index (χ0n) is 14.7. The Morgan fingerprint density at radius 3 is 2.40 bits per heavy atom. The van der Waals surface area contributed by atoms with Gasteiger partial charge in [0.1, 0.15) is 0 Å². The van der Waals surface area contributed by atoms with Gasteiger partial charge in [0.25, 0.3) is 0 Å². The number of nitrogens with one attached hydrogen (secondary N) is 1. The Bertz CT molecular complexity index is 969. The third-order valence-electron chi connectivity index (χ3n) is 4.40. The van der Waals surface area contributed by atoms with Gasteiger partial charge in [-0.1, -0.05) is 30.3 Å². The van der Waals surface area contributed by atoms with Gasteiger partial charge in [-0.05, 0) is 44.0 Å². The van der Waals surface area contributed by atoms with Crippen molar-refractivity contribution in [3.63, 3.8) is 0 Å². The molecule has 1 aliphatic heterocycles. The molecule has 1 N–H and O–H groups in total. The minimum atomic E-state index is 0.609. The summed E-state index contributed by atoms with van der Waals surface area (Å²) in [6.45, 7) is 6.84. The summed E-state index contributed by atoms with van der Waals surface area (Å²) in [6, 6.07) is 14.6. The number of aryl methyl sites for hydroxylation is 2. The third kappa shape index (κ3) is 3.03. The average Bonchev–Trinajstić information content (AvgIpc) is 2.72. The highest BCUT2D eigenvalue weighted by Crippen LogP contribution is 2.30. The Labute approximate surface area is 147 Å². The van der Waals surface area contributed by atoms with Crippen LogP contribution in [0.15, 0.2) is 53.7 Å². The number of benzene rings is 2. The van der Waals surface area contributed by atoms with Crippen LogP contribution >= 0.6 is 0 Å². The van der Waals surface area contributed by atoms with Gasteiger partial charge >= 0.3 is 0 Å². The second-order valence-electron chi connectivity index (χ2n) is 6.52. The van der Waals surface area contributed by atoms with Crippen molar-refractivity contribution < 1.29 is 0 Å². The first-order valence-electron chi connectivity index (χ1n) is 8.42. The Kier molecular flexibility index (Phi) is 3.80. The molecule has 124 valence electrons. The summed E-state index contributed by atoms with van der Waals surface area (Å²) in [5, 5.41) is 3.34. The van der Waals surface area contributed by atoms with Crippen LogP contribution in [0.4, 0.5) is 11.6 Å². The molecule has 4 heteroatoms. The van der Waals surface area contributed by atoms with Crippen LogP contribution in [-0.2, 0) is 6.54 Å². The van der Waals surface area contributed by atoms with E-state index < -0.39 is 0 Å². The lowest BCUT2D eigenvalue weighted by molar-refractivity contribution is 1.02. The van der Waals surface area contributed by atoms with Gasteiger partial charge in [0.05, 0.1) is 12.2 Å². The van der Waals surface area contributed by atoms with Crippen molar-refractivity contribution in [3.8, 4) is 11.3 Å². The second kappa shape index (κ2) is 6.13. The van der Waals surface area contributed by atoms with Crippen LogP contribution in [0.5, 0.6) is 0 Å². The first-order valence-corrected chi connectivity index (χ1v) is 8.42. The molecule has 4 rings (SSSR count). The predicted molar refractivity (Wildman–Crippen MR) is 103 cm³/mol. The van der Waals surface area contributed by atoms with Crippen LogP contribution in [-0.4, -0.2) is 15.7 Å². The number of aromatic nitrogens is 2. The van der Waals surface area contributed by atoms with Crippen molar-refractivity contribution in [2.45, 2.75) is 27.3 Å². The van der Waals surface area contributed by atoms with Crippen LogP contribution in [0.3, 0.4) is 0 Å². The summed E-state index contributed by atoms with van der Waals surface area (Å²) in [5.74, 6) is 0.609. The Hall–Kier alpha value is -3.01. The average molecular weight is 328 g/mol. The molecule has 25 heavy (non-hydrogen) atoms. The van der Waals surface area contributed by atoms with E-state index in [1.807, 2.05) is 25.3 Å². The molecule has 2 heterocycles. The molecular weight excluding hydrogens is 308 g/mol. The molecule has 0 aliphatic carbocycles. The molecule has 0 spiro atoms. The standard InChI is InChI=1S/C21H20N4/c1-13-8-14(2)10-17(9-13)24-21-23-12-16-11-22-15(3)18-6-4-5-7-19(18)20(16)25-21/h4-10,12H,11H2,1-3H3,(H,23,24,25). The highest BCUT2D eigenvalue weighted by Gasteiger charge is 2.17. The number of fused-ring (bicyclic) bond motifs is 3. The molecular formula is C21H20N4. The first kappa shape index (κ1) is 15.5. The minimum absolute atomic E-state index is 0.609. The first-order chi connectivity index (χ1) is 12.1. The maximum absolute atomic E-state index is 4.81. The van der Waals surface area contributed by atoms with Gasteiger partial charge in [0, 0.05) is 34.3 Å². The monoisotopic (exact) mass is 328 g/mol. The van der Waals surface area contributed by atoms with Gasteiger partial charge in [-0.25, -0.2) is 9.97 Å². The molecule has 0 radical (unpaired) electrons. The van der Waals surface area contributed by atoms with Gasteiger partial charge in [-0.2, -0.15) is 0 Å². The lowest BCUT2D eigenvalue weighted by Gasteiger charge is -2.11. The van der Waals surface area contributed by atoms with Crippen LogP contribution in [0, 0.1) is 13.8 Å². The van der Waals surface area contributed by atoms with E-state index in [1.165, 1.54) is 11.1 Å². The summed E-state index contributed by atoms with van der Waals surface area (Å²) >= 11 is 0. The highest BCUT2D eigenvalue weighted by molar-refractivity contribution is 6.05. The summed E-state index contributed by atoms with van der Waals surface area (Å²) in [4.78, 5) is 14.0. The number of nitrogens with zero attached hydrogens (tertiary/aromatic N) is 3. The molecule has 0 atom stereocenters. The maximum atomic E-state index is 4.81. The normalized spacial score (nSPS) is 12.7. The van der Waals surface area contributed by atoms with Crippen LogP contribution < -0.4 is 5.32 Å². The fourth-order valence-electron chi connectivity index (χ4n) is 3.29. The number of aliphatic imine (C=N–C) groups is 1. The van der Waals surface area contributed by atoms with E-state index in [2.05, 4.69) is 59.5 Å². The summed E-state index contributed by atoms with van der Waals surface area (Å²) in [5.41, 5.74) is 8.73. The van der Waals surface area contributed by atoms with Gasteiger partial charge in [0.2, 0.25) is 5.95 Å². The fraction of sp³-hybridized carbons (Fsp3) is 0.190. The van der Waals surface area contributed by atoms with E-state index in [1.54, 1.807) is 0 Å². The van der Waals surface area contributed by atoms with Crippen LogP contribution in [0.25, 0.3) is 11.3 Å². The van der Waals surface area contributed by atoms with E-state index >= 15 is 0 Å². The van der Waals surface area contributed by atoms with E-state index in [0.717, 1.165) is 33.8 Å². The van der Waals surface area contributed by atoms with Gasteiger partial charge in [0.15, 0.2) is 0 Å². The van der Waals surface area contributed by atoms with E-state index in [-0.39, 0.29) is 0 Å². The maximum Gasteiger partial charge on any atom is 0.227 e. The Balaban J connectivity index is 1.77. The number of anilines is 2. The molecule has 0 fully saturated rings. The van der Waals surface area contributed by atoms with Crippen molar-refractivity contribution in [1.82, 2.24) is 9.97 Å². The molecule has 2 aromatic carbocycles. The molecule has 0 bridgehead atoms. The van der Waals surface area contributed by atoms with Gasteiger partial charge in [-0.3, -0.25) is 4.99 Å². The molecule has 4 nitrogen and oxygen atoms in total. The van der Waals surface area contributed by atoms with Crippen LogP contribution in [0.1, 0.15) is 29.2 Å². The number of hydrogen-bond acceptors (Lipinski definition) is 4. The predicted octanol–water partition coefficient (Wildman–Crippen LogP) is 4.83. The Morgan fingerprint density at radius 1 is 0.920 bits per heavy atom. The fourth-order valence-corrected chi connectivity index (χ4v) is 3.29. The minimum Gasteiger partial charge on any atom is -0.324 e. The molecule has 0 saturated heterocycles. The topological polar surface area (TPSA) is 50.2 Å². The van der Waals surface area contributed by atoms with E-state index in [0.29, 0.717) is 12.5 Å². The summed E-state index contributed by atoms with van der Waals surface area (Å²) in [7, 11) is 0. The van der Waals surface area contributed by atoms with Crippen LogP contribution in [0.2, 0.25) is 0 Å². The number of hydrogen-bond donors (Lipinski definition) is 1. The van der Waals surface area contributed by atoms with Crippen molar-refractivity contribution in [3.05, 3.63) is 70.9 Å². The molecule has 0 unspecified atom stereocenters. The second-order valence-corrected chi connectivity index (χ2v) is 6.52. The molecule has 1 aliphatic rings. The molecule has 3 aromatic rings. The van der Waals surface area contributed by atoms with Crippen molar-refractivity contribution in [2.75, 3.05) is 5.32 Å². The number of rotatable bonds is 2. The van der Waals surface area contributed by atoms with Crippen molar-refractivity contribution in [1.29, 1.82) is 0 Å². The quantitative estimate of drug-likeness (QED) is 0.733. The van der Waals surface area contributed by atoms with E-state index in [9.17, 15) is 0 Å². The lowest BCUT2D eigenvalue weighted by atomic mass is 10.00. The zero-order valence-corrected chi connectivity index (χ0v) is 14.7. The summed E-state index contributed by atoms with van der Waals surface area (Å²) < 4.78 is 0.